The monoisotopic (exact) mass is 432 g/mol. The van der Waals surface area contributed by atoms with Crippen LogP contribution in [0.4, 0.5) is 0 Å². The van der Waals surface area contributed by atoms with Gasteiger partial charge in [0.05, 0.1) is 0 Å². The van der Waals surface area contributed by atoms with E-state index in [4.69, 9.17) is 9.47 Å². The van der Waals surface area contributed by atoms with Crippen LogP contribution in [0.15, 0.2) is 45.4 Å². The molecule has 0 bridgehead atoms. The standard InChI is InChI=1S/C20H20N2O5S2/c1-3-14-9-15(12(2)22-20(14)23)18-6-7-19(28-18)29(24,25)21-10-13-4-5-16-17(8-13)27-11-26-16/h4-9,21H,3,10-11H2,1-2H3,(H,22,23). The van der Waals surface area contributed by atoms with Gasteiger partial charge in [0, 0.05) is 28.2 Å². The third-order valence-corrected chi connectivity index (χ3v) is 7.72. The smallest absolute Gasteiger partial charge is 0.251 e. The van der Waals surface area contributed by atoms with Gasteiger partial charge < -0.3 is 14.5 Å². The molecule has 0 saturated carbocycles. The molecule has 152 valence electrons. The predicted octanol–water partition coefficient (Wildman–Crippen LogP) is 3.18. The summed E-state index contributed by atoms with van der Waals surface area (Å²) in [5.41, 5.74) is 2.89. The van der Waals surface area contributed by atoms with Gasteiger partial charge in [-0.15, -0.1) is 11.3 Å². The van der Waals surface area contributed by atoms with E-state index in [0.717, 1.165) is 16.0 Å². The second kappa shape index (κ2) is 7.66. The van der Waals surface area contributed by atoms with Gasteiger partial charge in [0.15, 0.2) is 11.5 Å². The molecule has 0 saturated heterocycles. The Balaban J connectivity index is 1.55. The Labute approximate surface area is 172 Å². The minimum Gasteiger partial charge on any atom is -0.454 e. The number of rotatable bonds is 6. The molecule has 7 nitrogen and oxygen atoms in total. The van der Waals surface area contributed by atoms with Crippen LogP contribution < -0.4 is 19.8 Å². The quantitative estimate of drug-likeness (QED) is 0.624. The van der Waals surface area contributed by atoms with Crippen molar-refractivity contribution in [2.75, 3.05) is 6.79 Å². The van der Waals surface area contributed by atoms with E-state index in [9.17, 15) is 13.2 Å². The van der Waals surface area contributed by atoms with E-state index in [0.29, 0.717) is 29.2 Å². The van der Waals surface area contributed by atoms with Gasteiger partial charge in [-0.3, -0.25) is 4.79 Å². The number of ether oxygens (including phenoxy) is 2. The molecule has 2 N–H and O–H groups in total. The normalized spacial score (nSPS) is 13.0. The molecule has 4 rings (SSSR count). The summed E-state index contributed by atoms with van der Waals surface area (Å²) in [5.74, 6) is 1.27. The van der Waals surface area contributed by atoms with Crippen LogP contribution in [0.5, 0.6) is 11.5 Å². The topological polar surface area (TPSA) is 97.5 Å². The molecule has 1 aromatic carbocycles. The minimum atomic E-state index is -3.67. The van der Waals surface area contributed by atoms with Crippen LogP contribution in [0.1, 0.15) is 23.7 Å². The molecule has 0 radical (unpaired) electrons. The highest BCUT2D eigenvalue weighted by atomic mass is 32.2. The van der Waals surface area contributed by atoms with Crippen molar-refractivity contribution in [1.29, 1.82) is 0 Å². The average Bonchev–Trinajstić information content (AvgIpc) is 3.36. The van der Waals surface area contributed by atoms with Gasteiger partial charge in [-0.25, -0.2) is 13.1 Å². The summed E-state index contributed by atoms with van der Waals surface area (Å²) in [6, 6.07) is 10.5. The van der Waals surface area contributed by atoms with Crippen molar-refractivity contribution < 1.29 is 17.9 Å². The number of aromatic amines is 1. The average molecular weight is 433 g/mol. The highest BCUT2D eigenvalue weighted by Gasteiger charge is 2.19. The van der Waals surface area contributed by atoms with Gasteiger partial charge in [-0.2, -0.15) is 0 Å². The number of aromatic nitrogens is 1. The number of aryl methyl sites for hydroxylation is 2. The van der Waals surface area contributed by atoms with Gasteiger partial charge in [0.1, 0.15) is 4.21 Å². The Hall–Kier alpha value is -2.62. The molecule has 1 aliphatic heterocycles. The number of hydrogen-bond acceptors (Lipinski definition) is 6. The fourth-order valence-corrected chi connectivity index (χ4v) is 5.54. The number of benzene rings is 1. The molecule has 3 aromatic rings. The first-order chi connectivity index (χ1) is 13.9. The lowest BCUT2D eigenvalue weighted by Crippen LogP contribution is -2.22. The number of nitrogens with one attached hydrogen (secondary N) is 2. The molecule has 3 heterocycles. The maximum absolute atomic E-state index is 12.7. The first kappa shape index (κ1) is 19.7. The van der Waals surface area contributed by atoms with E-state index in [-0.39, 0.29) is 23.1 Å². The van der Waals surface area contributed by atoms with Gasteiger partial charge in [0.25, 0.3) is 5.56 Å². The minimum absolute atomic E-state index is 0.108. The lowest BCUT2D eigenvalue weighted by Gasteiger charge is -2.07. The second-order valence-electron chi connectivity index (χ2n) is 6.65. The maximum atomic E-state index is 12.7. The Bertz CT molecular complexity index is 1230. The zero-order chi connectivity index (χ0) is 20.6. The summed E-state index contributed by atoms with van der Waals surface area (Å²) < 4.78 is 38.9. The molecule has 0 unspecified atom stereocenters. The van der Waals surface area contributed by atoms with Crippen molar-refractivity contribution in [2.45, 2.75) is 31.0 Å². The number of thiophene rings is 1. The molecular weight excluding hydrogens is 412 g/mol. The van der Waals surface area contributed by atoms with Crippen LogP contribution in [0, 0.1) is 6.92 Å². The third-order valence-electron chi connectivity index (χ3n) is 4.71. The van der Waals surface area contributed by atoms with Gasteiger partial charge in [-0.1, -0.05) is 13.0 Å². The summed E-state index contributed by atoms with van der Waals surface area (Å²) in [7, 11) is -3.67. The molecule has 9 heteroatoms. The molecule has 0 amide bonds. The van der Waals surface area contributed by atoms with Gasteiger partial charge in [-0.05, 0) is 49.2 Å². The van der Waals surface area contributed by atoms with Crippen molar-refractivity contribution in [3.05, 3.63) is 63.6 Å². The molecule has 2 aromatic heterocycles. The van der Waals surface area contributed by atoms with Gasteiger partial charge >= 0.3 is 0 Å². The van der Waals surface area contributed by atoms with Crippen LogP contribution in [0.2, 0.25) is 0 Å². The predicted molar refractivity (Wildman–Crippen MR) is 111 cm³/mol. The number of hydrogen-bond donors (Lipinski definition) is 2. The highest BCUT2D eigenvalue weighted by Crippen LogP contribution is 2.34. The summed E-state index contributed by atoms with van der Waals surface area (Å²) in [5, 5.41) is 0. The lowest BCUT2D eigenvalue weighted by molar-refractivity contribution is 0.174. The number of pyridine rings is 1. The maximum Gasteiger partial charge on any atom is 0.251 e. The Morgan fingerprint density at radius 1 is 1.14 bits per heavy atom. The van der Waals surface area contributed by atoms with E-state index in [1.165, 1.54) is 11.3 Å². The fourth-order valence-electron chi connectivity index (χ4n) is 3.09. The third kappa shape index (κ3) is 3.93. The Kier molecular flexibility index (Phi) is 5.20. The molecular formula is C20H20N2O5S2. The molecule has 0 fully saturated rings. The molecule has 29 heavy (non-hydrogen) atoms. The van der Waals surface area contributed by atoms with Crippen LogP contribution in [-0.4, -0.2) is 20.2 Å². The summed E-state index contributed by atoms with van der Waals surface area (Å²) in [4.78, 5) is 15.6. The first-order valence-electron chi connectivity index (χ1n) is 9.08. The SMILES string of the molecule is CCc1cc(-c2ccc(S(=O)(=O)NCc3ccc4c(c3)OCO4)s2)c(C)[nH]c1=O. The van der Waals surface area contributed by atoms with Crippen molar-refractivity contribution >= 4 is 21.4 Å². The van der Waals surface area contributed by atoms with Crippen molar-refractivity contribution in [3.63, 3.8) is 0 Å². The molecule has 1 aliphatic rings. The van der Waals surface area contributed by atoms with Crippen molar-refractivity contribution in [2.24, 2.45) is 0 Å². The van der Waals surface area contributed by atoms with Crippen LogP contribution in [0.3, 0.4) is 0 Å². The molecule has 0 aliphatic carbocycles. The largest absolute Gasteiger partial charge is 0.454 e. The number of H-pyrrole nitrogens is 1. The summed E-state index contributed by atoms with van der Waals surface area (Å²) in [6.07, 6.45) is 0.607. The van der Waals surface area contributed by atoms with Crippen LogP contribution >= 0.6 is 11.3 Å². The van der Waals surface area contributed by atoms with Gasteiger partial charge in [0.2, 0.25) is 16.8 Å². The van der Waals surface area contributed by atoms with E-state index < -0.39 is 10.0 Å². The van der Waals surface area contributed by atoms with Crippen molar-refractivity contribution in [3.8, 4) is 21.9 Å². The summed E-state index contributed by atoms with van der Waals surface area (Å²) in [6.45, 7) is 4.03. The Morgan fingerprint density at radius 2 is 1.93 bits per heavy atom. The van der Waals surface area contributed by atoms with Crippen LogP contribution in [-0.2, 0) is 23.0 Å². The zero-order valence-electron chi connectivity index (χ0n) is 15.9. The molecule has 0 spiro atoms. The Morgan fingerprint density at radius 3 is 2.72 bits per heavy atom. The number of sulfonamides is 1. The highest BCUT2D eigenvalue weighted by molar-refractivity contribution is 7.91. The van der Waals surface area contributed by atoms with Crippen molar-refractivity contribution in [1.82, 2.24) is 9.71 Å². The van der Waals surface area contributed by atoms with Crippen LogP contribution in [0.25, 0.3) is 10.4 Å². The van der Waals surface area contributed by atoms with E-state index in [1.54, 1.807) is 30.3 Å². The van der Waals surface area contributed by atoms with E-state index in [2.05, 4.69) is 9.71 Å². The first-order valence-corrected chi connectivity index (χ1v) is 11.4. The molecule has 0 atom stereocenters. The van der Waals surface area contributed by atoms with E-state index >= 15 is 0 Å². The lowest BCUT2D eigenvalue weighted by atomic mass is 10.1. The fraction of sp³-hybridized carbons (Fsp3) is 0.250. The summed E-state index contributed by atoms with van der Waals surface area (Å²) >= 11 is 1.17. The second-order valence-corrected chi connectivity index (χ2v) is 9.72. The number of fused-ring (bicyclic) bond motifs is 1. The van der Waals surface area contributed by atoms with E-state index in [1.807, 2.05) is 19.9 Å². The zero-order valence-corrected chi connectivity index (χ0v) is 17.6.